The molecule has 0 unspecified atom stereocenters. The van der Waals surface area contributed by atoms with Gasteiger partial charge in [0.05, 0.1) is 38.0 Å². The van der Waals surface area contributed by atoms with E-state index in [1.807, 2.05) is 133 Å². The molecule has 0 saturated heterocycles. The van der Waals surface area contributed by atoms with Gasteiger partial charge in [-0.3, -0.25) is 0 Å². The summed E-state index contributed by atoms with van der Waals surface area (Å²) in [4.78, 5) is 42.7. The fourth-order valence-electron chi connectivity index (χ4n) is 12.7. The van der Waals surface area contributed by atoms with Crippen molar-refractivity contribution in [1.29, 1.82) is 63.1 Å². The smallest absolute Gasteiger partial charge is 0.338 e. The summed E-state index contributed by atoms with van der Waals surface area (Å²) in [5, 5.41) is 130. The molecule has 0 aromatic heterocycles. The highest BCUT2D eigenvalue weighted by Gasteiger charge is 2.34. The highest BCUT2D eigenvalue weighted by Crippen LogP contribution is 2.50. The van der Waals surface area contributed by atoms with E-state index in [1.165, 1.54) is 75.9 Å². The summed E-state index contributed by atoms with van der Waals surface area (Å²) in [6, 6.07) is 67.6. The predicted octanol–water partition coefficient (Wildman–Crippen LogP) is 18.1. The number of benzene rings is 3. The van der Waals surface area contributed by atoms with E-state index in [-0.39, 0.29) is 101 Å². The quantitative estimate of drug-likeness (QED) is 0.0333. The van der Waals surface area contributed by atoms with Crippen LogP contribution in [0.4, 0.5) is 17.1 Å². The minimum Gasteiger partial charge on any atom is -0.465 e. The standard InChI is InChI=1S/C87H57N13O6/c1-49(2)55-13-10-16-67-70(31-55)76(85(101)104-7)34-73(67)82(61(43-94)44-95)79(58(37-88)38-89)52-19-25-64(26-20-52)100(65-27-21-53(22-28-65)80(59(39-90)40-91)83(62(45-96)46-97)74-35-77(86(102)105-8)71-32-56(50(3)4)14-11-17-68(71)74)66-29-23-54(24-30-66)81(60(41-92)42-93)84(63(47-98)48-99)75-36-78(87(103)106-9)72-33-57(51(5)6)15-12-18-69(72)75/h10-36,49-51H,1-9H3. The van der Waals surface area contributed by atoms with Gasteiger partial charge in [0.25, 0.3) is 0 Å². The maximum Gasteiger partial charge on any atom is 0.338 e. The van der Waals surface area contributed by atoms with Gasteiger partial charge in [0.15, 0.2) is 0 Å². The molecule has 0 radical (unpaired) electrons. The van der Waals surface area contributed by atoms with Crippen LogP contribution < -0.4 is 4.90 Å². The zero-order chi connectivity index (χ0) is 76.8. The summed E-state index contributed by atoms with van der Waals surface area (Å²) in [6.07, 6.45) is 0. The van der Waals surface area contributed by atoms with E-state index in [4.69, 9.17) is 14.2 Å². The second-order valence-corrected chi connectivity index (χ2v) is 24.7. The average molecular weight is 1380 g/mol. The van der Waals surface area contributed by atoms with E-state index in [2.05, 4.69) is 0 Å². The third-order valence-electron chi connectivity index (χ3n) is 17.9. The van der Waals surface area contributed by atoms with Crippen molar-refractivity contribution < 1.29 is 28.6 Å². The van der Waals surface area contributed by atoms with Crippen LogP contribution in [0.2, 0.25) is 0 Å². The topological polar surface area (TPSA) is 368 Å². The zero-order valence-corrected chi connectivity index (χ0v) is 58.6. The Balaban J connectivity index is 1.32. The third-order valence-corrected chi connectivity index (χ3v) is 17.9. The van der Waals surface area contributed by atoms with Crippen molar-refractivity contribution in [2.24, 2.45) is 0 Å². The lowest BCUT2D eigenvalue weighted by molar-refractivity contribution is 0.0593. The van der Waals surface area contributed by atoms with Crippen LogP contribution in [0, 0.1) is 136 Å². The minimum atomic E-state index is -0.745. The van der Waals surface area contributed by atoms with Gasteiger partial charge in [-0.2, -0.15) is 63.1 Å². The van der Waals surface area contributed by atoms with Crippen molar-refractivity contribution in [2.75, 3.05) is 26.2 Å². The minimum absolute atomic E-state index is 0.0266. The molecule has 0 heterocycles. The van der Waals surface area contributed by atoms with Gasteiger partial charge in [0.1, 0.15) is 106 Å². The fourth-order valence-corrected chi connectivity index (χ4v) is 12.7. The average Bonchev–Trinajstić information content (AvgIpc) is 1.55. The molecule has 0 saturated carbocycles. The normalized spacial score (nSPS) is 10.2. The number of nitrogens with zero attached hydrogens (tertiary/aromatic N) is 13. The van der Waals surface area contributed by atoms with Gasteiger partial charge in [-0.25, -0.2) is 14.4 Å². The maximum atomic E-state index is 13.7. The van der Waals surface area contributed by atoms with Crippen molar-refractivity contribution in [3.63, 3.8) is 0 Å². The second kappa shape index (κ2) is 32.5. The first-order chi connectivity index (χ1) is 51.2. The molecule has 6 aliphatic rings. The van der Waals surface area contributed by atoms with Gasteiger partial charge in [-0.15, -0.1) is 0 Å². The van der Waals surface area contributed by atoms with E-state index in [0.29, 0.717) is 50.4 Å². The number of hydrogen-bond acceptors (Lipinski definition) is 19. The lowest BCUT2D eigenvalue weighted by Gasteiger charge is -2.27. The summed E-state index contributed by atoms with van der Waals surface area (Å²) in [7, 11) is 3.60. The van der Waals surface area contributed by atoms with E-state index >= 15 is 0 Å². The van der Waals surface area contributed by atoms with E-state index < -0.39 is 51.3 Å². The Labute approximate surface area is 612 Å². The Morgan fingerprint density at radius 2 is 0.481 bits per heavy atom. The fraction of sp³-hybridized carbons (Fsp3) is 0.138. The highest BCUT2D eigenvalue weighted by molar-refractivity contribution is 6.19. The van der Waals surface area contributed by atoms with Crippen LogP contribution in [-0.4, -0.2) is 39.2 Å². The Morgan fingerprint density at radius 1 is 0.274 bits per heavy atom. The molecular weight excluding hydrogens is 1320 g/mol. The summed E-state index contributed by atoms with van der Waals surface area (Å²) in [5.41, 5.74) is 2.75. The van der Waals surface area contributed by atoms with E-state index in [0.717, 1.165) is 16.7 Å². The molecule has 0 bridgehead atoms. The van der Waals surface area contributed by atoms with Gasteiger partial charge in [-0.05, 0) is 156 Å². The van der Waals surface area contributed by atoms with Crippen LogP contribution in [0.5, 0.6) is 0 Å². The molecule has 106 heavy (non-hydrogen) atoms. The van der Waals surface area contributed by atoms with Crippen molar-refractivity contribution in [3.05, 3.63) is 264 Å². The first-order valence-corrected chi connectivity index (χ1v) is 32.5. The van der Waals surface area contributed by atoms with Crippen LogP contribution in [0.1, 0.15) is 140 Å². The summed E-state index contributed by atoms with van der Waals surface area (Å²) in [5.74, 6) is -2.32. The molecule has 0 amide bonds. The molecule has 0 spiro atoms. The summed E-state index contributed by atoms with van der Waals surface area (Å²) >= 11 is 0. The number of hydrogen-bond donors (Lipinski definition) is 0. The van der Waals surface area contributed by atoms with Crippen LogP contribution in [0.15, 0.2) is 197 Å². The van der Waals surface area contributed by atoms with Crippen LogP contribution in [0.3, 0.4) is 0 Å². The summed E-state index contributed by atoms with van der Waals surface area (Å²) in [6.45, 7) is 11.7. The lowest BCUT2D eigenvalue weighted by atomic mass is 9.85. The molecule has 0 aliphatic heterocycles. The Bertz CT molecular complexity index is 5170. The molecule has 0 fully saturated rings. The van der Waals surface area contributed by atoms with Gasteiger partial charge in [0.2, 0.25) is 0 Å². The molecule has 0 N–H and O–H groups in total. The maximum absolute atomic E-state index is 13.7. The number of allylic oxidation sites excluding steroid dienone is 12. The second-order valence-electron chi connectivity index (χ2n) is 24.7. The molecule has 506 valence electrons. The molecule has 9 rings (SSSR count). The van der Waals surface area contributed by atoms with Gasteiger partial charge < -0.3 is 19.1 Å². The van der Waals surface area contributed by atoms with Crippen LogP contribution >= 0.6 is 0 Å². The van der Waals surface area contributed by atoms with Crippen LogP contribution in [-0.2, 0) is 14.2 Å². The van der Waals surface area contributed by atoms with Crippen molar-refractivity contribution in [2.45, 2.75) is 59.3 Å². The molecule has 19 nitrogen and oxygen atoms in total. The van der Waals surface area contributed by atoms with E-state index in [1.54, 1.807) is 95.9 Å². The first kappa shape index (κ1) is 74.5. The predicted molar refractivity (Wildman–Crippen MR) is 395 cm³/mol. The van der Waals surface area contributed by atoms with Crippen molar-refractivity contribution in [1.82, 2.24) is 0 Å². The molecule has 3 aromatic carbocycles. The molecule has 3 aromatic rings. The number of rotatable bonds is 18. The number of esters is 3. The number of carbonyl (C=O) groups excluding carboxylic acids is 3. The first-order valence-electron chi connectivity index (χ1n) is 32.5. The Kier molecular flexibility index (Phi) is 22.9. The lowest BCUT2D eigenvalue weighted by Crippen LogP contribution is -2.10. The largest absolute Gasteiger partial charge is 0.465 e. The van der Waals surface area contributed by atoms with Gasteiger partial charge >= 0.3 is 17.9 Å². The monoisotopic (exact) mass is 1380 g/mol. The van der Waals surface area contributed by atoms with Gasteiger partial charge in [0, 0.05) is 50.5 Å². The number of ether oxygens (including phenoxy) is 3. The molecule has 0 atom stereocenters. The van der Waals surface area contributed by atoms with E-state index in [9.17, 15) is 77.5 Å². The van der Waals surface area contributed by atoms with Crippen molar-refractivity contribution in [3.8, 4) is 106 Å². The molecule has 6 aliphatic carbocycles. The zero-order valence-electron chi connectivity index (χ0n) is 58.6. The van der Waals surface area contributed by atoms with Crippen LogP contribution in [0.25, 0.3) is 66.8 Å². The molecule has 19 heteroatoms. The Hall–Kier alpha value is -15.7. The third kappa shape index (κ3) is 14.1. The molecular formula is C87H57N13O6. The number of carbonyl (C=O) groups is 3. The van der Waals surface area contributed by atoms with Gasteiger partial charge in [-0.1, -0.05) is 151 Å². The number of nitriles is 12. The number of methoxy groups -OCH3 is 3. The summed E-state index contributed by atoms with van der Waals surface area (Å²) < 4.78 is 15.7. The van der Waals surface area contributed by atoms with Crippen molar-refractivity contribution >= 4 is 68.4 Å². The highest BCUT2D eigenvalue weighted by atomic mass is 16.5. The Morgan fingerprint density at radius 3 is 0.670 bits per heavy atom. The SMILES string of the molecule is COC(=O)c1cc(C(=C(C#N)C#N)C(=C(C#N)C#N)c2ccc(N(c3ccc(C(=C(C#N)C#N)C(=C(C#N)C#N)c4cc(C(=O)OC)c5cc(C(C)C)cccc4-5)cc3)c3ccc(C(=C(C#N)C#N)C(=C(C#N)C#N)c4cc(C(=O)OC)c5cc(C(C)C)cccc4-5)cc3)cc2)c2cccc(C(C)C)cc1-2. The number of anilines is 3. The number of fused-ring (bicyclic) bond motifs is 3.